The molecule has 0 heterocycles. The summed E-state index contributed by atoms with van der Waals surface area (Å²) in [7, 11) is 0. The lowest BCUT2D eigenvalue weighted by molar-refractivity contribution is -0.119. The van der Waals surface area contributed by atoms with Crippen LogP contribution in [-0.4, -0.2) is 37.4 Å². The molecule has 0 spiro atoms. The van der Waals surface area contributed by atoms with E-state index in [1.54, 1.807) is 0 Å². The summed E-state index contributed by atoms with van der Waals surface area (Å²) >= 11 is 23.8. The topological polar surface area (TPSA) is 32.3 Å². The van der Waals surface area contributed by atoms with Crippen LogP contribution < -0.4 is 5.32 Å². The van der Waals surface area contributed by atoms with E-state index >= 15 is 0 Å². The van der Waals surface area contributed by atoms with Crippen LogP contribution in [0.4, 0.5) is 0 Å². The van der Waals surface area contributed by atoms with Gasteiger partial charge in [0.1, 0.15) is 9.69 Å². The summed E-state index contributed by atoms with van der Waals surface area (Å²) in [5.74, 6) is -0.267. The molecule has 0 aliphatic rings. The van der Waals surface area contributed by atoms with E-state index in [0.717, 1.165) is 13.1 Å². The molecule has 0 aliphatic heterocycles. The Hall–Kier alpha value is 0.580. The average Bonchev–Trinajstić information content (AvgIpc) is 2.16. The predicted octanol–water partition coefficient (Wildman–Crippen LogP) is 3.18. The number of carbonyl (C=O) groups is 1. The van der Waals surface area contributed by atoms with Crippen LogP contribution in [-0.2, 0) is 4.79 Å². The summed E-state index contributed by atoms with van der Waals surface area (Å²) in [5, 5.41) is 1.87. The van der Waals surface area contributed by atoms with Crippen molar-refractivity contribution < 1.29 is 4.79 Å². The Morgan fingerprint density at radius 2 is 1.88 bits per heavy atom. The summed E-state index contributed by atoms with van der Waals surface area (Å²) < 4.78 is -1.01. The summed E-state index contributed by atoms with van der Waals surface area (Å²) in [5.41, 5.74) is 0. The minimum Gasteiger partial charge on any atom is -0.358 e. The second-order valence-electron chi connectivity index (χ2n) is 3.18. The third-order valence-corrected chi connectivity index (χ3v) is 4.63. The van der Waals surface area contributed by atoms with Gasteiger partial charge >= 0.3 is 0 Å². The molecular weight excluding hydrogens is 323 g/mol. The molecule has 1 atom stereocenters. The lowest BCUT2D eigenvalue weighted by Gasteiger charge is -2.28. The highest BCUT2D eigenvalue weighted by Crippen LogP contribution is 2.37. The molecule has 3 nitrogen and oxygen atoms in total. The van der Waals surface area contributed by atoms with Crippen LogP contribution in [0.25, 0.3) is 0 Å². The molecule has 0 saturated heterocycles. The van der Waals surface area contributed by atoms with Crippen molar-refractivity contribution in [2.24, 2.45) is 0 Å². The van der Waals surface area contributed by atoms with Gasteiger partial charge in [0.2, 0.25) is 9.70 Å². The van der Waals surface area contributed by atoms with E-state index in [9.17, 15) is 4.79 Å². The summed E-state index contributed by atoms with van der Waals surface area (Å²) in [6, 6.07) is 0. The Bertz CT molecular complexity index is 280. The molecule has 100 valence electrons. The number of nitrogens with one attached hydrogen (secondary N) is 1. The van der Waals surface area contributed by atoms with Crippen LogP contribution in [0.15, 0.2) is 0 Å². The molecule has 0 aliphatic carbocycles. The monoisotopic (exact) mass is 336 g/mol. The fraction of sp³-hybridized carbons (Fsp3) is 0.778. The summed E-state index contributed by atoms with van der Waals surface area (Å²) in [6.45, 7) is 6.88. The van der Waals surface area contributed by atoms with Gasteiger partial charge in [-0.25, -0.2) is 0 Å². The van der Waals surface area contributed by atoms with Crippen molar-refractivity contribution in [3.8, 4) is 0 Å². The number of alkyl halides is 3. The molecule has 1 N–H and O–H groups in total. The SMILES string of the molecule is CCN(CC)C(=S)S[C@H](NC(C)=O)C(Cl)(Cl)Cl. The van der Waals surface area contributed by atoms with Gasteiger partial charge in [0.25, 0.3) is 0 Å². The molecule has 0 aromatic carbocycles. The first-order chi connectivity index (χ1) is 7.72. The van der Waals surface area contributed by atoms with Crippen LogP contribution in [0.1, 0.15) is 20.8 Å². The van der Waals surface area contributed by atoms with E-state index in [1.165, 1.54) is 18.7 Å². The maximum absolute atomic E-state index is 11.0. The predicted molar refractivity (Wildman–Crippen MR) is 81.0 cm³/mol. The minimum atomic E-state index is -1.60. The molecule has 1 amide bonds. The van der Waals surface area contributed by atoms with E-state index in [0.29, 0.717) is 4.32 Å². The molecule has 0 unspecified atom stereocenters. The normalized spacial score (nSPS) is 13.1. The van der Waals surface area contributed by atoms with Gasteiger partial charge in [0, 0.05) is 20.0 Å². The highest BCUT2D eigenvalue weighted by Gasteiger charge is 2.35. The highest BCUT2D eigenvalue weighted by atomic mass is 35.6. The number of thiocarbonyl (C=S) groups is 1. The largest absolute Gasteiger partial charge is 0.358 e. The van der Waals surface area contributed by atoms with Crippen LogP contribution in [0.2, 0.25) is 0 Å². The van der Waals surface area contributed by atoms with E-state index in [-0.39, 0.29) is 5.91 Å². The molecule has 0 fully saturated rings. The highest BCUT2D eigenvalue weighted by molar-refractivity contribution is 8.23. The van der Waals surface area contributed by atoms with Crippen molar-refractivity contribution in [2.45, 2.75) is 29.9 Å². The zero-order valence-electron chi connectivity index (χ0n) is 9.80. The number of hydrogen-bond donors (Lipinski definition) is 1. The Morgan fingerprint density at radius 3 is 2.18 bits per heavy atom. The van der Waals surface area contributed by atoms with Gasteiger partial charge < -0.3 is 10.2 Å². The van der Waals surface area contributed by atoms with Gasteiger partial charge in [-0.05, 0) is 13.8 Å². The van der Waals surface area contributed by atoms with Crippen LogP contribution in [0.3, 0.4) is 0 Å². The zero-order valence-corrected chi connectivity index (χ0v) is 13.7. The molecule has 0 radical (unpaired) electrons. The third-order valence-electron chi connectivity index (χ3n) is 1.87. The van der Waals surface area contributed by atoms with Crippen LogP contribution in [0.5, 0.6) is 0 Å². The Kier molecular flexibility index (Phi) is 8.16. The van der Waals surface area contributed by atoms with Crippen molar-refractivity contribution in [2.75, 3.05) is 13.1 Å². The van der Waals surface area contributed by atoms with Gasteiger partial charge in [0.15, 0.2) is 0 Å². The van der Waals surface area contributed by atoms with Crippen molar-refractivity contribution >= 4 is 69.0 Å². The van der Waals surface area contributed by atoms with Crippen molar-refractivity contribution in [3.05, 3.63) is 0 Å². The average molecular weight is 338 g/mol. The fourth-order valence-electron chi connectivity index (χ4n) is 1.02. The lowest BCUT2D eigenvalue weighted by atomic mass is 10.6. The number of halogens is 3. The summed E-state index contributed by atoms with van der Waals surface area (Å²) in [6.07, 6.45) is 0. The maximum Gasteiger partial charge on any atom is 0.220 e. The van der Waals surface area contributed by atoms with E-state index < -0.39 is 9.17 Å². The van der Waals surface area contributed by atoms with Crippen LogP contribution >= 0.6 is 58.8 Å². The maximum atomic E-state index is 11.0. The van der Waals surface area contributed by atoms with Gasteiger partial charge in [-0.15, -0.1) is 0 Å². The van der Waals surface area contributed by atoms with E-state index in [4.69, 9.17) is 47.0 Å². The molecule has 0 aromatic heterocycles. The summed E-state index contributed by atoms with van der Waals surface area (Å²) in [4.78, 5) is 13.0. The molecule has 0 aromatic rings. The number of hydrogen-bond acceptors (Lipinski definition) is 3. The number of carbonyl (C=O) groups excluding carboxylic acids is 1. The fourth-order valence-corrected chi connectivity index (χ4v) is 3.10. The second kappa shape index (κ2) is 7.89. The number of nitrogens with zero attached hydrogens (tertiary/aromatic N) is 1. The van der Waals surface area contributed by atoms with Crippen molar-refractivity contribution in [3.63, 3.8) is 0 Å². The standard InChI is InChI=1S/C9H15Cl3N2OS2/c1-4-14(5-2)8(16)17-7(9(10,11)12)13-6(3)15/h7H,4-5H2,1-3H3,(H,13,15)/t7-/m0/s1. The molecular formula is C9H15Cl3N2OS2. The Labute approximate surface area is 127 Å². The third kappa shape index (κ3) is 6.91. The number of amides is 1. The van der Waals surface area contributed by atoms with E-state index in [2.05, 4.69) is 5.32 Å². The molecule has 0 saturated carbocycles. The molecule has 17 heavy (non-hydrogen) atoms. The van der Waals surface area contributed by atoms with E-state index in [1.807, 2.05) is 18.7 Å². The first kappa shape index (κ1) is 17.6. The van der Waals surface area contributed by atoms with Crippen molar-refractivity contribution in [1.82, 2.24) is 10.2 Å². The van der Waals surface area contributed by atoms with Crippen molar-refractivity contribution in [1.29, 1.82) is 0 Å². The minimum absolute atomic E-state index is 0.267. The second-order valence-corrected chi connectivity index (χ2v) is 7.29. The molecule has 0 rings (SSSR count). The van der Waals surface area contributed by atoms with Gasteiger partial charge in [-0.1, -0.05) is 58.8 Å². The molecule has 8 heteroatoms. The molecule has 0 bridgehead atoms. The first-order valence-electron chi connectivity index (χ1n) is 5.01. The number of thioether (sulfide) groups is 1. The van der Waals surface area contributed by atoms with Gasteiger partial charge in [-0.3, -0.25) is 4.79 Å². The lowest BCUT2D eigenvalue weighted by Crippen LogP contribution is -2.42. The Balaban J connectivity index is 4.64. The smallest absolute Gasteiger partial charge is 0.220 e. The zero-order chi connectivity index (χ0) is 13.6. The van der Waals surface area contributed by atoms with Gasteiger partial charge in [0.05, 0.1) is 0 Å². The van der Waals surface area contributed by atoms with Crippen LogP contribution in [0, 0.1) is 0 Å². The first-order valence-corrected chi connectivity index (χ1v) is 7.43. The quantitative estimate of drug-likeness (QED) is 0.485. The Morgan fingerprint density at radius 1 is 1.41 bits per heavy atom. The van der Waals surface area contributed by atoms with Gasteiger partial charge in [-0.2, -0.15) is 0 Å². The number of rotatable bonds is 4.